The van der Waals surface area contributed by atoms with Gasteiger partial charge in [-0.25, -0.2) is 4.79 Å². The molecular weight excluding hydrogens is 212 g/mol. The second-order valence-corrected chi connectivity index (χ2v) is 2.98. The number of hydrogen-bond donors (Lipinski definition) is 4. The molecule has 0 radical (unpaired) electrons. The highest BCUT2D eigenvalue weighted by Crippen LogP contribution is 2.07. The van der Waals surface area contributed by atoms with E-state index in [1.54, 1.807) is 0 Å². The lowest BCUT2D eigenvalue weighted by Crippen LogP contribution is -2.37. The van der Waals surface area contributed by atoms with E-state index in [4.69, 9.17) is 10.8 Å². The molecule has 0 fully saturated rings. The third kappa shape index (κ3) is 3.82. The molecule has 1 heterocycles. The fourth-order valence-corrected chi connectivity index (χ4v) is 1.02. The van der Waals surface area contributed by atoms with Gasteiger partial charge in [-0.1, -0.05) is 0 Å². The summed E-state index contributed by atoms with van der Waals surface area (Å²) in [5.74, 6) is -0.461. The number of nitrogens with one attached hydrogen (secondary N) is 2. The van der Waals surface area contributed by atoms with Crippen LogP contribution in [0.4, 0.5) is 4.79 Å². The molecule has 0 aliphatic carbocycles. The number of amides is 3. The van der Waals surface area contributed by atoms with Crippen LogP contribution in [0.15, 0.2) is 18.5 Å². The topological polar surface area (TPSA) is 117 Å². The maximum atomic E-state index is 11.4. The lowest BCUT2D eigenvalue weighted by Gasteiger charge is -2.05. The van der Waals surface area contributed by atoms with Gasteiger partial charge in [0.2, 0.25) is 0 Å². The summed E-state index contributed by atoms with van der Waals surface area (Å²) < 4.78 is 0. The molecule has 0 unspecified atom stereocenters. The summed E-state index contributed by atoms with van der Waals surface area (Å²) in [6.07, 6.45) is 2.56. The van der Waals surface area contributed by atoms with Crippen molar-refractivity contribution in [3.8, 4) is 5.75 Å². The molecule has 0 aliphatic heterocycles. The number of carbonyl (C=O) groups is 2. The van der Waals surface area contributed by atoms with Crippen LogP contribution in [0.5, 0.6) is 5.75 Å². The smallest absolute Gasteiger partial charge is 0.312 e. The minimum absolute atomic E-state index is 0.0806. The van der Waals surface area contributed by atoms with E-state index in [0.29, 0.717) is 0 Å². The number of aromatic nitrogens is 1. The van der Waals surface area contributed by atoms with Crippen LogP contribution < -0.4 is 16.4 Å². The van der Waals surface area contributed by atoms with Crippen molar-refractivity contribution in [2.75, 3.05) is 13.1 Å². The van der Waals surface area contributed by atoms with Gasteiger partial charge in [-0.3, -0.25) is 9.78 Å². The zero-order valence-corrected chi connectivity index (χ0v) is 8.43. The van der Waals surface area contributed by atoms with Gasteiger partial charge in [0.15, 0.2) is 0 Å². The van der Waals surface area contributed by atoms with Crippen LogP contribution in [0, 0.1) is 0 Å². The van der Waals surface area contributed by atoms with Crippen molar-refractivity contribution in [3.63, 3.8) is 0 Å². The van der Waals surface area contributed by atoms with Crippen molar-refractivity contribution in [2.45, 2.75) is 0 Å². The highest BCUT2D eigenvalue weighted by atomic mass is 16.3. The molecule has 0 aromatic carbocycles. The van der Waals surface area contributed by atoms with Crippen LogP contribution in [-0.2, 0) is 0 Å². The maximum Gasteiger partial charge on any atom is 0.312 e. The Balaban J connectivity index is 2.38. The van der Waals surface area contributed by atoms with Gasteiger partial charge < -0.3 is 21.5 Å². The van der Waals surface area contributed by atoms with Gasteiger partial charge in [0, 0.05) is 19.3 Å². The van der Waals surface area contributed by atoms with E-state index in [0.717, 1.165) is 0 Å². The Kier molecular flexibility index (Phi) is 4.07. The van der Waals surface area contributed by atoms with Crippen molar-refractivity contribution in [1.82, 2.24) is 15.6 Å². The van der Waals surface area contributed by atoms with Gasteiger partial charge in [-0.2, -0.15) is 0 Å². The molecule has 1 aromatic heterocycles. The number of nitrogens with two attached hydrogens (primary N) is 1. The van der Waals surface area contributed by atoms with E-state index in [9.17, 15) is 9.59 Å². The molecule has 0 saturated carbocycles. The fourth-order valence-electron chi connectivity index (χ4n) is 1.02. The minimum atomic E-state index is -0.645. The zero-order valence-electron chi connectivity index (χ0n) is 8.43. The van der Waals surface area contributed by atoms with Gasteiger partial charge in [0.1, 0.15) is 5.75 Å². The molecule has 5 N–H and O–H groups in total. The van der Waals surface area contributed by atoms with E-state index in [2.05, 4.69) is 15.6 Å². The molecule has 3 amide bonds. The number of primary amides is 1. The Morgan fingerprint density at radius 2 is 2.00 bits per heavy atom. The van der Waals surface area contributed by atoms with Gasteiger partial charge in [0.25, 0.3) is 5.91 Å². The molecule has 0 aliphatic rings. The largest absolute Gasteiger partial charge is 0.506 e. The van der Waals surface area contributed by atoms with Crippen LogP contribution in [-0.4, -0.2) is 35.1 Å². The lowest BCUT2D eigenvalue weighted by atomic mass is 10.2. The summed E-state index contributed by atoms with van der Waals surface area (Å²) in [5.41, 5.74) is 5.08. The number of urea groups is 1. The first-order chi connectivity index (χ1) is 7.59. The first-order valence-corrected chi connectivity index (χ1v) is 4.55. The molecule has 7 nitrogen and oxygen atoms in total. The molecule has 0 bridgehead atoms. The Morgan fingerprint density at radius 1 is 1.31 bits per heavy atom. The van der Waals surface area contributed by atoms with E-state index in [1.807, 2.05) is 0 Å². The standard InChI is InChI=1S/C9H12N4O3/c10-9(16)13-2-1-12-8(15)6-3-7(14)5-11-4-6/h3-5,14H,1-2H2,(H,12,15)(H3,10,13,16). The Bertz CT molecular complexity index is 394. The molecule has 7 heteroatoms. The zero-order chi connectivity index (χ0) is 12.0. The predicted molar refractivity (Wildman–Crippen MR) is 55.8 cm³/mol. The highest BCUT2D eigenvalue weighted by molar-refractivity contribution is 5.94. The molecule has 16 heavy (non-hydrogen) atoms. The Morgan fingerprint density at radius 3 is 2.62 bits per heavy atom. The third-order valence-electron chi connectivity index (χ3n) is 1.70. The lowest BCUT2D eigenvalue weighted by molar-refractivity contribution is 0.0953. The average Bonchev–Trinajstić information content (AvgIpc) is 2.24. The summed E-state index contributed by atoms with van der Waals surface area (Å²) in [4.78, 5) is 25.4. The number of nitrogens with zero attached hydrogens (tertiary/aromatic N) is 1. The van der Waals surface area contributed by atoms with Crippen molar-refractivity contribution in [2.24, 2.45) is 5.73 Å². The Hall–Kier alpha value is -2.31. The molecule has 1 rings (SSSR count). The van der Waals surface area contributed by atoms with Gasteiger partial charge in [0.05, 0.1) is 11.8 Å². The number of aromatic hydroxyl groups is 1. The normalized spacial score (nSPS) is 9.50. The second-order valence-electron chi connectivity index (χ2n) is 2.98. The summed E-state index contributed by atoms with van der Waals surface area (Å²) in [5, 5.41) is 13.9. The van der Waals surface area contributed by atoms with E-state index in [1.165, 1.54) is 18.5 Å². The monoisotopic (exact) mass is 224 g/mol. The summed E-state index contributed by atoms with van der Waals surface area (Å²) >= 11 is 0. The van der Waals surface area contributed by atoms with E-state index >= 15 is 0 Å². The number of rotatable bonds is 4. The van der Waals surface area contributed by atoms with E-state index in [-0.39, 0.29) is 30.3 Å². The second kappa shape index (κ2) is 5.54. The number of pyridine rings is 1. The Labute approximate surface area is 91.7 Å². The van der Waals surface area contributed by atoms with E-state index < -0.39 is 6.03 Å². The molecule has 1 aromatic rings. The first kappa shape index (κ1) is 11.8. The molecular formula is C9H12N4O3. The summed E-state index contributed by atoms with van der Waals surface area (Å²) in [6.45, 7) is 0.491. The predicted octanol–water partition coefficient (Wildman–Crippen LogP) is -0.815. The minimum Gasteiger partial charge on any atom is -0.506 e. The van der Waals surface area contributed by atoms with Crippen LogP contribution >= 0.6 is 0 Å². The van der Waals surface area contributed by atoms with Crippen molar-refractivity contribution in [1.29, 1.82) is 0 Å². The van der Waals surface area contributed by atoms with Gasteiger partial charge >= 0.3 is 6.03 Å². The van der Waals surface area contributed by atoms with Crippen molar-refractivity contribution < 1.29 is 14.7 Å². The van der Waals surface area contributed by atoms with Crippen LogP contribution in [0.2, 0.25) is 0 Å². The third-order valence-corrected chi connectivity index (χ3v) is 1.70. The maximum absolute atomic E-state index is 11.4. The average molecular weight is 224 g/mol. The van der Waals surface area contributed by atoms with Gasteiger partial charge in [-0.05, 0) is 6.07 Å². The SMILES string of the molecule is NC(=O)NCCNC(=O)c1cncc(O)c1. The number of carbonyl (C=O) groups excluding carboxylic acids is 2. The van der Waals surface area contributed by atoms with Crippen molar-refractivity contribution >= 4 is 11.9 Å². The number of hydrogen-bond acceptors (Lipinski definition) is 4. The molecule has 86 valence electrons. The molecule has 0 atom stereocenters. The van der Waals surface area contributed by atoms with Crippen LogP contribution in [0.1, 0.15) is 10.4 Å². The first-order valence-electron chi connectivity index (χ1n) is 4.55. The summed E-state index contributed by atoms with van der Waals surface area (Å²) in [7, 11) is 0. The quantitative estimate of drug-likeness (QED) is 0.500. The van der Waals surface area contributed by atoms with Crippen LogP contribution in [0.3, 0.4) is 0 Å². The van der Waals surface area contributed by atoms with Crippen molar-refractivity contribution in [3.05, 3.63) is 24.0 Å². The fraction of sp³-hybridized carbons (Fsp3) is 0.222. The molecule has 0 saturated heterocycles. The highest BCUT2D eigenvalue weighted by Gasteiger charge is 2.05. The van der Waals surface area contributed by atoms with Crippen LogP contribution in [0.25, 0.3) is 0 Å². The van der Waals surface area contributed by atoms with Gasteiger partial charge in [-0.15, -0.1) is 0 Å². The summed E-state index contributed by atoms with van der Waals surface area (Å²) in [6, 6.07) is 0.650. The molecule has 0 spiro atoms.